The third-order valence-electron chi connectivity index (χ3n) is 3.62. The Morgan fingerprint density at radius 1 is 1.23 bits per heavy atom. The number of nitrogens with two attached hydrogens (primary N) is 1. The lowest BCUT2D eigenvalue weighted by molar-refractivity contribution is -0.0168. The molecule has 0 saturated carbocycles. The van der Waals surface area contributed by atoms with E-state index in [1.54, 1.807) is 17.0 Å². The second kappa shape index (κ2) is 7.33. The summed E-state index contributed by atoms with van der Waals surface area (Å²) in [6, 6.07) is 3.28. The molecule has 22 heavy (non-hydrogen) atoms. The van der Waals surface area contributed by atoms with Crippen LogP contribution in [0.2, 0.25) is 0 Å². The lowest BCUT2D eigenvalue weighted by Crippen LogP contribution is -2.48. The lowest BCUT2D eigenvalue weighted by atomic mass is 10.1. The van der Waals surface area contributed by atoms with E-state index in [0.29, 0.717) is 49.1 Å². The van der Waals surface area contributed by atoms with Gasteiger partial charge in [-0.25, -0.2) is 0 Å². The van der Waals surface area contributed by atoms with Gasteiger partial charge in [0, 0.05) is 31.8 Å². The Bertz CT molecular complexity index is 535. The van der Waals surface area contributed by atoms with Gasteiger partial charge in [-0.15, -0.1) is 0 Å². The molecule has 1 fully saturated rings. The fraction of sp³-hybridized carbons (Fsp3) is 0.533. The van der Waals surface area contributed by atoms with Crippen LogP contribution in [0.25, 0.3) is 0 Å². The molecule has 1 saturated heterocycles. The van der Waals surface area contributed by atoms with Crippen LogP contribution in [-0.4, -0.2) is 64.5 Å². The Morgan fingerprint density at radius 2 is 1.86 bits per heavy atom. The molecule has 1 heterocycles. The number of carbonyl (C=O) groups is 1. The number of amides is 1. The van der Waals surface area contributed by atoms with E-state index in [0.717, 1.165) is 0 Å². The van der Waals surface area contributed by atoms with Gasteiger partial charge in [0.2, 0.25) is 0 Å². The molecule has 2 rings (SSSR count). The van der Waals surface area contributed by atoms with E-state index in [-0.39, 0.29) is 12.0 Å². The zero-order valence-electron chi connectivity index (χ0n) is 13.1. The highest BCUT2D eigenvalue weighted by atomic mass is 16.5. The summed E-state index contributed by atoms with van der Waals surface area (Å²) in [5.74, 6) is 1.30. The maximum Gasteiger partial charge on any atom is 0.257 e. The van der Waals surface area contributed by atoms with E-state index in [9.17, 15) is 4.79 Å². The Labute approximate surface area is 129 Å². The number of hydrogen-bond acceptors (Lipinski definition) is 6. The van der Waals surface area contributed by atoms with Gasteiger partial charge in [-0.3, -0.25) is 4.79 Å². The zero-order chi connectivity index (χ0) is 16.1. The van der Waals surface area contributed by atoms with Gasteiger partial charge in [0.15, 0.2) is 11.5 Å². The van der Waals surface area contributed by atoms with Crippen LogP contribution in [0.1, 0.15) is 10.4 Å². The number of nitrogens with zero attached hydrogens (tertiary/aromatic N) is 1. The van der Waals surface area contributed by atoms with Gasteiger partial charge in [-0.05, 0) is 0 Å². The van der Waals surface area contributed by atoms with Crippen molar-refractivity contribution in [1.29, 1.82) is 0 Å². The molecule has 0 bridgehead atoms. The van der Waals surface area contributed by atoms with Crippen LogP contribution in [0.4, 0.5) is 0 Å². The van der Waals surface area contributed by atoms with Gasteiger partial charge in [-0.1, -0.05) is 0 Å². The highest BCUT2D eigenvalue weighted by molar-refractivity contribution is 5.98. The largest absolute Gasteiger partial charge is 0.496 e. The predicted octanol–water partition coefficient (Wildman–Crippen LogP) is 0.512. The van der Waals surface area contributed by atoms with Gasteiger partial charge >= 0.3 is 0 Å². The van der Waals surface area contributed by atoms with Crippen LogP contribution in [0, 0.1) is 0 Å². The molecular formula is C15H22N2O5. The predicted molar refractivity (Wildman–Crippen MR) is 80.8 cm³/mol. The molecule has 0 aliphatic carbocycles. The minimum absolute atomic E-state index is 0.135. The maximum absolute atomic E-state index is 12.8. The molecule has 0 spiro atoms. The minimum atomic E-state index is -0.139. The van der Waals surface area contributed by atoms with Gasteiger partial charge in [0.25, 0.3) is 5.91 Å². The van der Waals surface area contributed by atoms with Crippen molar-refractivity contribution in [2.75, 3.05) is 47.6 Å². The van der Waals surface area contributed by atoms with Gasteiger partial charge < -0.3 is 29.6 Å². The summed E-state index contributed by atoms with van der Waals surface area (Å²) in [6.07, 6.45) is -0.135. The molecule has 1 amide bonds. The Morgan fingerprint density at radius 3 is 2.45 bits per heavy atom. The zero-order valence-corrected chi connectivity index (χ0v) is 13.1. The van der Waals surface area contributed by atoms with Crippen LogP contribution in [-0.2, 0) is 4.74 Å². The Balaban J connectivity index is 2.31. The van der Waals surface area contributed by atoms with E-state index in [2.05, 4.69) is 0 Å². The minimum Gasteiger partial charge on any atom is -0.496 e. The summed E-state index contributed by atoms with van der Waals surface area (Å²) < 4.78 is 21.3. The van der Waals surface area contributed by atoms with Crippen LogP contribution >= 0.6 is 0 Å². The highest BCUT2D eigenvalue weighted by Crippen LogP contribution is 2.35. The smallest absolute Gasteiger partial charge is 0.257 e. The molecule has 1 aromatic rings. The Hall–Kier alpha value is -1.99. The molecule has 1 unspecified atom stereocenters. The second-order valence-corrected chi connectivity index (χ2v) is 4.89. The molecule has 122 valence electrons. The topological polar surface area (TPSA) is 83.2 Å². The van der Waals surface area contributed by atoms with E-state index in [4.69, 9.17) is 24.7 Å². The fourth-order valence-corrected chi connectivity index (χ4v) is 2.41. The van der Waals surface area contributed by atoms with Crippen molar-refractivity contribution < 1.29 is 23.7 Å². The van der Waals surface area contributed by atoms with E-state index >= 15 is 0 Å². The van der Waals surface area contributed by atoms with Crippen LogP contribution < -0.4 is 19.9 Å². The Kier molecular flexibility index (Phi) is 5.46. The average molecular weight is 310 g/mol. The standard InChI is InChI=1S/C15H22N2O5/c1-19-12-7-14(21-3)13(20-2)6-11(12)15(18)17-4-5-22-10(8-16)9-17/h6-7,10H,4-5,8-9,16H2,1-3H3. The van der Waals surface area contributed by atoms with Crippen molar-refractivity contribution in [3.05, 3.63) is 17.7 Å². The number of ether oxygens (including phenoxy) is 4. The van der Waals surface area contributed by atoms with Crippen molar-refractivity contribution in [3.8, 4) is 17.2 Å². The van der Waals surface area contributed by atoms with Crippen molar-refractivity contribution >= 4 is 5.91 Å². The van der Waals surface area contributed by atoms with Crippen LogP contribution in [0.5, 0.6) is 17.2 Å². The molecule has 1 aromatic carbocycles. The van der Waals surface area contributed by atoms with E-state index < -0.39 is 0 Å². The van der Waals surface area contributed by atoms with Crippen molar-refractivity contribution in [2.24, 2.45) is 5.73 Å². The number of methoxy groups -OCH3 is 3. The van der Waals surface area contributed by atoms with Crippen molar-refractivity contribution in [2.45, 2.75) is 6.10 Å². The van der Waals surface area contributed by atoms with Crippen molar-refractivity contribution in [1.82, 2.24) is 4.90 Å². The SMILES string of the molecule is COc1cc(OC)c(C(=O)N2CCOC(CN)C2)cc1OC. The number of carbonyl (C=O) groups excluding carboxylic acids is 1. The number of rotatable bonds is 5. The molecule has 1 atom stereocenters. The van der Waals surface area contributed by atoms with E-state index in [1.165, 1.54) is 21.3 Å². The number of benzene rings is 1. The monoisotopic (exact) mass is 310 g/mol. The molecule has 1 aliphatic rings. The first-order chi connectivity index (χ1) is 10.6. The molecule has 7 heteroatoms. The molecule has 2 N–H and O–H groups in total. The first-order valence-electron chi connectivity index (χ1n) is 7.05. The summed E-state index contributed by atoms with van der Waals surface area (Å²) in [6.45, 7) is 1.84. The molecular weight excluding hydrogens is 288 g/mol. The quantitative estimate of drug-likeness (QED) is 0.853. The lowest BCUT2D eigenvalue weighted by Gasteiger charge is -2.32. The third-order valence-corrected chi connectivity index (χ3v) is 3.62. The molecule has 1 aliphatic heterocycles. The summed E-state index contributed by atoms with van der Waals surface area (Å²) in [4.78, 5) is 14.5. The van der Waals surface area contributed by atoms with Crippen LogP contribution in [0.3, 0.4) is 0 Å². The first-order valence-corrected chi connectivity index (χ1v) is 7.05. The summed E-state index contributed by atoms with van der Waals surface area (Å²) in [5.41, 5.74) is 6.05. The van der Waals surface area contributed by atoms with Crippen molar-refractivity contribution in [3.63, 3.8) is 0 Å². The van der Waals surface area contributed by atoms with Gasteiger partial charge in [0.05, 0.1) is 39.6 Å². The van der Waals surface area contributed by atoms with Crippen LogP contribution in [0.15, 0.2) is 12.1 Å². The summed E-state index contributed by atoms with van der Waals surface area (Å²) >= 11 is 0. The average Bonchev–Trinajstić information content (AvgIpc) is 2.59. The third kappa shape index (κ3) is 3.26. The van der Waals surface area contributed by atoms with Gasteiger partial charge in [0.1, 0.15) is 5.75 Å². The molecule has 0 radical (unpaired) electrons. The van der Waals surface area contributed by atoms with E-state index in [1.807, 2.05) is 0 Å². The molecule has 0 aromatic heterocycles. The molecule has 7 nitrogen and oxygen atoms in total. The highest BCUT2D eigenvalue weighted by Gasteiger charge is 2.27. The normalized spacial score (nSPS) is 18.0. The summed E-state index contributed by atoms with van der Waals surface area (Å²) in [7, 11) is 4.57. The second-order valence-electron chi connectivity index (χ2n) is 4.89. The fourth-order valence-electron chi connectivity index (χ4n) is 2.41. The summed E-state index contributed by atoms with van der Waals surface area (Å²) in [5, 5.41) is 0. The maximum atomic E-state index is 12.8. The number of hydrogen-bond donors (Lipinski definition) is 1. The van der Waals surface area contributed by atoms with Gasteiger partial charge in [-0.2, -0.15) is 0 Å². The first kappa shape index (κ1) is 16.4. The number of morpholine rings is 1.